The molecule has 0 unspecified atom stereocenters. The van der Waals surface area contributed by atoms with Crippen LogP contribution in [0.3, 0.4) is 0 Å². The molecule has 0 radical (unpaired) electrons. The molecule has 1 amide bonds. The highest BCUT2D eigenvalue weighted by Gasteiger charge is 2.12. The van der Waals surface area contributed by atoms with Gasteiger partial charge in [0.1, 0.15) is 11.4 Å². The molecule has 2 heterocycles. The summed E-state index contributed by atoms with van der Waals surface area (Å²) in [5.41, 5.74) is 7.94. The second-order valence-corrected chi connectivity index (χ2v) is 6.77. The van der Waals surface area contributed by atoms with Crippen molar-refractivity contribution >= 4 is 22.4 Å². The summed E-state index contributed by atoms with van der Waals surface area (Å²) >= 11 is 1.39. The fraction of sp³-hybridized carbons (Fsp3) is 0.222. The van der Waals surface area contributed by atoms with Gasteiger partial charge in [0.15, 0.2) is 5.13 Å². The second kappa shape index (κ2) is 7.92. The molecule has 1 aromatic carbocycles. The first kappa shape index (κ1) is 17.8. The molecular weight excluding hydrogens is 350 g/mol. The van der Waals surface area contributed by atoms with E-state index in [1.807, 2.05) is 36.6 Å². The van der Waals surface area contributed by atoms with Crippen LogP contribution in [0.25, 0.3) is 11.4 Å². The summed E-state index contributed by atoms with van der Waals surface area (Å²) < 4.78 is 0. The number of carbonyl (C=O) groups excluding carboxylic acids is 1. The van der Waals surface area contributed by atoms with Gasteiger partial charge in [-0.25, -0.2) is 9.97 Å². The number of aromatic nitrogens is 3. The number of anilines is 1. The Morgan fingerprint density at radius 3 is 2.73 bits per heavy atom. The van der Waals surface area contributed by atoms with E-state index in [9.17, 15) is 9.59 Å². The zero-order chi connectivity index (χ0) is 18.5. The molecule has 8 heteroatoms. The van der Waals surface area contributed by atoms with Crippen molar-refractivity contribution < 1.29 is 4.79 Å². The number of nitrogens with zero attached hydrogens (tertiary/aromatic N) is 2. The first-order valence-corrected chi connectivity index (χ1v) is 9.05. The standard InChI is InChI=1S/C18H19N5O2S/c1-11-4-6-12(7-5-11)15-21-9-14(17(25)23-15)16(24)20-8-2-3-13-10-26-18(19)22-13/h4-7,9-10H,2-3,8H2,1H3,(H2,19,22)(H,20,24)(H,21,23,25). The van der Waals surface area contributed by atoms with Crippen LogP contribution in [0.1, 0.15) is 28.0 Å². The number of hydrogen-bond acceptors (Lipinski definition) is 6. The summed E-state index contributed by atoms with van der Waals surface area (Å²) in [6.07, 6.45) is 2.74. The van der Waals surface area contributed by atoms with Crippen molar-refractivity contribution in [3.63, 3.8) is 0 Å². The lowest BCUT2D eigenvalue weighted by atomic mass is 10.1. The largest absolute Gasteiger partial charge is 0.375 e. The van der Waals surface area contributed by atoms with Gasteiger partial charge in [-0.2, -0.15) is 0 Å². The maximum Gasteiger partial charge on any atom is 0.264 e. The maximum absolute atomic E-state index is 12.2. The number of nitrogen functional groups attached to an aromatic ring is 1. The third-order valence-electron chi connectivity index (χ3n) is 3.83. The molecule has 0 saturated carbocycles. The molecule has 0 spiro atoms. The molecule has 4 N–H and O–H groups in total. The van der Waals surface area contributed by atoms with Gasteiger partial charge in [0.2, 0.25) is 0 Å². The monoisotopic (exact) mass is 369 g/mol. The number of H-pyrrole nitrogens is 1. The fourth-order valence-corrected chi connectivity index (χ4v) is 3.02. The number of carbonyl (C=O) groups is 1. The Labute approximate surface area is 154 Å². The zero-order valence-corrected chi connectivity index (χ0v) is 15.1. The Bertz CT molecular complexity index is 962. The van der Waals surface area contributed by atoms with Crippen LogP contribution in [0.5, 0.6) is 0 Å². The van der Waals surface area contributed by atoms with E-state index >= 15 is 0 Å². The molecule has 0 aliphatic rings. The highest BCUT2D eigenvalue weighted by molar-refractivity contribution is 7.13. The smallest absolute Gasteiger partial charge is 0.264 e. The number of nitrogens with two attached hydrogens (primary N) is 1. The molecule has 2 aromatic heterocycles. The van der Waals surface area contributed by atoms with Crippen molar-refractivity contribution in [2.75, 3.05) is 12.3 Å². The molecule has 26 heavy (non-hydrogen) atoms. The van der Waals surface area contributed by atoms with E-state index < -0.39 is 11.5 Å². The molecule has 3 rings (SSSR count). The van der Waals surface area contributed by atoms with Crippen LogP contribution in [-0.2, 0) is 6.42 Å². The van der Waals surface area contributed by atoms with Crippen molar-refractivity contribution in [1.82, 2.24) is 20.3 Å². The lowest BCUT2D eigenvalue weighted by Crippen LogP contribution is -2.31. The molecule has 0 atom stereocenters. The number of aryl methyl sites for hydroxylation is 2. The Balaban J connectivity index is 1.59. The topological polar surface area (TPSA) is 114 Å². The first-order valence-electron chi connectivity index (χ1n) is 8.17. The van der Waals surface area contributed by atoms with Gasteiger partial charge in [-0.05, 0) is 19.8 Å². The molecule has 0 aliphatic carbocycles. The third-order valence-corrected chi connectivity index (χ3v) is 4.56. The van der Waals surface area contributed by atoms with Crippen molar-refractivity contribution in [3.05, 3.63) is 63.0 Å². The van der Waals surface area contributed by atoms with Gasteiger partial charge in [0.25, 0.3) is 11.5 Å². The highest BCUT2D eigenvalue weighted by atomic mass is 32.1. The number of aromatic amines is 1. The second-order valence-electron chi connectivity index (χ2n) is 5.88. The summed E-state index contributed by atoms with van der Waals surface area (Å²) in [7, 11) is 0. The van der Waals surface area contributed by atoms with Gasteiger partial charge in [-0.1, -0.05) is 29.8 Å². The molecule has 7 nitrogen and oxygen atoms in total. The number of benzene rings is 1. The normalized spacial score (nSPS) is 10.7. The Kier molecular flexibility index (Phi) is 5.43. The van der Waals surface area contributed by atoms with Gasteiger partial charge in [0.05, 0.1) is 5.69 Å². The molecule has 134 valence electrons. The predicted molar refractivity (Wildman–Crippen MR) is 102 cm³/mol. The quantitative estimate of drug-likeness (QED) is 0.576. The van der Waals surface area contributed by atoms with E-state index in [4.69, 9.17) is 5.73 Å². The van der Waals surface area contributed by atoms with Crippen molar-refractivity contribution in [2.24, 2.45) is 0 Å². The lowest BCUT2D eigenvalue weighted by molar-refractivity contribution is 0.0951. The van der Waals surface area contributed by atoms with E-state index in [0.29, 0.717) is 23.9 Å². The van der Waals surface area contributed by atoms with Crippen LogP contribution in [0.15, 0.2) is 40.6 Å². The number of nitrogens with one attached hydrogen (secondary N) is 2. The Morgan fingerprint density at radius 2 is 2.08 bits per heavy atom. The summed E-state index contributed by atoms with van der Waals surface area (Å²) in [4.78, 5) is 35.4. The molecule has 0 saturated heterocycles. The average molecular weight is 369 g/mol. The first-order chi connectivity index (χ1) is 12.5. The van der Waals surface area contributed by atoms with E-state index in [2.05, 4.69) is 20.3 Å². The summed E-state index contributed by atoms with van der Waals surface area (Å²) in [6, 6.07) is 7.62. The number of hydrogen-bond donors (Lipinski definition) is 3. The number of amides is 1. The maximum atomic E-state index is 12.2. The summed E-state index contributed by atoms with van der Waals surface area (Å²) in [6.45, 7) is 2.42. The van der Waals surface area contributed by atoms with Crippen molar-refractivity contribution in [3.8, 4) is 11.4 Å². The highest BCUT2D eigenvalue weighted by Crippen LogP contribution is 2.14. The summed E-state index contributed by atoms with van der Waals surface area (Å²) in [5.74, 6) is -0.000307. The Hall–Kier alpha value is -3.00. The molecule has 3 aromatic rings. The molecular formula is C18H19N5O2S. The fourth-order valence-electron chi connectivity index (χ4n) is 2.42. The van der Waals surface area contributed by atoms with E-state index in [1.54, 1.807) is 0 Å². The minimum Gasteiger partial charge on any atom is -0.375 e. The van der Waals surface area contributed by atoms with Crippen LogP contribution in [-0.4, -0.2) is 27.4 Å². The van der Waals surface area contributed by atoms with Crippen LogP contribution >= 0.6 is 11.3 Å². The van der Waals surface area contributed by atoms with E-state index in [-0.39, 0.29) is 5.56 Å². The van der Waals surface area contributed by atoms with Gasteiger partial charge in [-0.15, -0.1) is 11.3 Å². The van der Waals surface area contributed by atoms with Crippen molar-refractivity contribution in [2.45, 2.75) is 19.8 Å². The van der Waals surface area contributed by atoms with Gasteiger partial charge in [-0.3, -0.25) is 9.59 Å². The van der Waals surface area contributed by atoms with Gasteiger partial charge < -0.3 is 16.0 Å². The van der Waals surface area contributed by atoms with E-state index in [1.165, 1.54) is 17.5 Å². The minimum atomic E-state index is -0.458. The SMILES string of the molecule is Cc1ccc(-c2ncc(C(=O)NCCCc3csc(N)n3)c(=O)[nH]2)cc1. The predicted octanol–water partition coefficient (Wildman–Crippen LogP) is 2.15. The molecule has 0 bridgehead atoms. The van der Waals surface area contributed by atoms with Crippen LogP contribution in [0.4, 0.5) is 5.13 Å². The number of thiazole rings is 1. The van der Waals surface area contributed by atoms with Crippen LogP contribution in [0, 0.1) is 6.92 Å². The van der Waals surface area contributed by atoms with E-state index in [0.717, 1.165) is 23.2 Å². The summed E-state index contributed by atoms with van der Waals surface area (Å²) in [5, 5.41) is 5.16. The van der Waals surface area contributed by atoms with Crippen molar-refractivity contribution in [1.29, 1.82) is 0 Å². The number of rotatable bonds is 6. The zero-order valence-electron chi connectivity index (χ0n) is 14.3. The molecule has 0 aliphatic heterocycles. The van der Waals surface area contributed by atoms with Crippen LogP contribution < -0.4 is 16.6 Å². The van der Waals surface area contributed by atoms with Crippen LogP contribution in [0.2, 0.25) is 0 Å². The van der Waals surface area contributed by atoms with Gasteiger partial charge >= 0.3 is 0 Å². The lowest BCUT2D eigenvalue weighted by Gasteiger charge is -2.05. The minimum absolute atomic E-state index is 0.00114. The third kappa shape index (κ3) is 4.34. The average Bonchev–Trinajstić information content (AvgIpc) is 3.04. The van der Waals surface area contributed by atoms with Gasteiger partial charge in [0, 0.05) is 23.7 Å². The Morgan fingerprint density at radius 1 is 1.31 bits per heavy atom. The molecule has 0 fully saturated rings.